The molecule has 0 bridgehead atoms. The average molecular weight is 384 g/mol. The van der Waals surface area contributed by atoms with Gasteiger partial charge in [0.15, 0.2) is 0 Å². The van der Waals surface area contributed by atoms with Gasteiger partial charge < -0.3 is 4.74 Å². The second-order valence-corrected chi connectivity index (χ2v) is 8.48. The second kappa shape index (κ2) is 7.21. The maximum absolute atomic E-state index is 13.3. The van der Waals surface area contributed by atoms with Crippen LogP contribution in [0.1, 0.15) is 18.5 Å². The monoisotopic (exact) mass is 384 g/mol. The van der Waals surface area contributed by atoms with E-state index in [2.05, 4.69) is 15.0 Å². The molecule has 1 fully saturated rings. The smallest absolute Gasteiger partial charge is 0.245 e. The predicted molar refractivity (Wildman–Crippen MR) is 101 cm³/mol. The van der Waals surface area contributed by atoms with E-state index >= 15 is 0 Å². The lowest BCUT2D eigenvalue weighted by Crippen LogP contribution is -2.44. The highest BCUT2D eigenvalue weighted by Gasteiger charge is 2.32. The molecule has 1 aromatic carbocycles. The van der Waals surface area contributed by atoms with E-state index in [1.807, 2.05) is 25.1 Å². The van der Waals surface area contributed by atoms with Gasteiger partial charge in [-0.3, -0.25) is 4.98 Å². The second-order valence-electron chi connectivity index (χ2n) is 6.57. The molecule has 1 atom stereocenters. The zero-order valence-corrected chi connectivity index (χ0v) is 15.8. The van der Waals surface area contributed by atoms with E-state index in [9.17, 15) is 8.42 Å². The number of aryl methyl sites for hydroxylation is 1. The molecule has 1 saturated heterocycles. The van der Waals surface area contributed by atoms with Crippen molar-refractivity contribution in [1.82, 2.24) is 19.3 Å². The number of benzene rings is 1. The lowest BCUT2D eigenvalue weighted by Gasteiger charge is -2.31. The van der Waals surface area contributed by atoms with E-state index in [1.165, 1.54) is 10.6 Å². The van der Waals surface area contributed by atoms with Crippen LogP contribution in [0.4, 0.5) is 0 Å². The van der Waals surface area contributed by atoms with Gasteiger partial charge in [-0.05, 0) is 31.9 Å². The van der Waals surface area contributed by atoms with E-state index in [0.29, 0.717) is 17.9 Å². The van der Waals surface area contributed by atoms with Crippen LogP contribution >= 0.6 is 0 Å². The highest BCUT2D eigenvalue weighted by molar-refractivity contribution is 7.89. The molecule has 1 aliphatic heterocycles. The third kappa shape index (κ3) is 3.63. The number of pyridine rings is 1. The summed E-state index contributed by atoms with van der Waals surface area (Å²) in [6, 6.07) is 10.7. The fourth-order valence-corrected chi connectivity index (χ4v) is 4.97. The highest BCUT2D eigenvalue weighted by Crippen LogP contribution is 2.27. The third-order valence-corrected chi connectivity index (χ3v) is 6.52. The van der Waals surface area contributed by atoms with Gasteiger partial charge in [0.05, 0.1) is 12.1 Å². The molecule has 0 spiro atoms. The Hall–Kier alpha value is -2.58. The maximum Gasteiger partial charge on any atom is 0.245 e. The Morgan fingerprint density at radius 1 is 1.19 bits per heavy atom. The number of fused-ring (bicyclic) bond motifs is 1. The van der Waals surface area contributed by atoms with E-state index in [-0.39, 0.29) is 17.5 Å². The number of hydrogen-bond donors (Lipinski definition) is 0. The molecule has 0 saturated carbocycles. The molecule has 0 amide bonds. The summed E-state index contributed by atoms with van der Waals surface area (Å²) < 4.78 is 34.0. The zero-order chi connectivity index (χ0) is 18.9. The van der Waals surface area contributed by atoms with Crippen molar-refractivity contribution in [2.24, 2.45) is 0 Å². The van der Waals surface area contributed by atoms with Crippen molar-refractivity contribution in [3.05, 3.63) is 54.6 Å². The molecule has 7 nitrogen and oxygen atoms in total. The van der Waals surface area contributed by atoms with Crippen molar-refractivity contribution < 1.29 is 13.2 Å². The molecule has 1 aliphatic rings. The van der Waals surface area contributed by atoms with Crippen LogP contribution < -0.4 is 4.74 Å². The van der Waals surface area contributed by atoms with Gasteiger partial charge in [-0.2, -0.15) is 4.31 Å². The summed E-state index contributed by atoms with van der Waals surface area (Å²) in [5.41, 5.74) is 1.30. The topological polar surface area (TPSA) is 85.3 Å². The quantitative estimate of drug-likeness (QED) is 0.687. The van der Waals surface area contributed by atoms with Gasteiger partial charge in [-0.25, -0.2) is 18.4 Å². The molecule has 4 rings (SSSR count). The minimum absolute atomic E-state index is 0.242. The maximum atomic E-state index is 13.3. The summed E-state index contributed by atoms with van der Waals surface area (Å²) in [5, 5.41) is 0.812. The van der Waals surface area contributed by atoms with Crippen molar-refractivity contribution in [1.29, 1.82) is 0 Å². The number of hydrogen-bond acceptors (Lipinski definition) is 6. The Kier molecular flexibility index (Phi) is 4.75. The molecule has 8 heteroatoms. The summed E-state index contributed by atoms with van der Waals surface area (Å²) >= 11 is 0. The Labute approximate surface area is 158 Å². The van der Waals surface area contributed by atoms with E-state index in [1.54, 1.807) is 24.4 Å². The fraction of sp³-hybridized carbons (Fsp3) is 0.316. The molecule has 0 aliphatic carbocycles. The molecular weight excluding hydrogens is 364 g/mol. The Morgan fingerprint density at radius 3 is 2.89 bits per heavy atom. The SMILES string of the molecule is Cc1ccc2cccc(S(=O)(=O)N3CCCC(Oc4ccncn4)C3)c2n1. The fourth-order valence-electron chi connectivity index (χ4n) is 3.30. The van der Waals surface area contributed by atoms with Crippen molar-refractivity contribution in [2.45, 2.75) is 30.8 Å². The van der Waals surface area contributed by atoms with Crippen molar-refractivity contribution in [2.75, 3.05) is 13.1 Å². The molecule has 3 aromatic rings. The number of ether oxygens (including phenoxy) is 1. The van der Waals surface area contributed by atoms with E-state index < -0.39 is 10.0 Å². The van der Waals surface area contributed by atoms with E-state index in [0.717, 1.165) is 23.9 Å². The van der Waals surface area contributed by atoms with Gasteiger partial charge >= 0.3 is 0 Å². The summed E-state index contributed by atoms with van der Waals surface area (Å²) in [6.45, 7) is 2.61. The van der Waals surface area contributed by atoms with E-state index in [4.69, 9.17) is 4.74 Å². The molecule has 1 unspecified atom stereocenters. The first-order valence-corrected chi connectivity index (χ1v) is 10.3. The third-order valence-electron chi connectivity index (χ3n) is 4.62. The zero-order valence-electron chi connectivity index (χ0n) is 14.9. The Balaban J connectivity index is 1.63. The Morgan fingerprint density at radius 2 is 2.07 bits per heavy atom. The number of sulfonamides is 1. The van der Waals surface area contributed by atoms with Crippen LogP contribution in [0, 0.1) is 6.92 Å². The highest BCUT2D eigenvalue weighted by atomic mass is 32.2. The van der Waals surface area contributed by atoms with Gasteiger partial charge in [-0.1, -0.05) is 18.2 Å². The Bertz CT molecular complexity index is 1060. The van der Waals surface area contributed by atoms with Crippen LogP contribution in [-0.2, 0) is 10.0 Å². The van der Waals surface area contributed by atoms with Crippen LogP contribution in [0.15, 0.2) is 53.8 Å². The average Bonchev–Trinajstić information content (AvgIpc) is 2.68. The largest absolute Gasteiger partial charge is 0.473 e. The first kappa shape index (κ1) is 17.8. The number of para-hydroxylation sites is 1. The van der Waals surface area contributed by atoms with Crippen LogP contribution in [0.25, 0.3) is 10.9 Å². The van der Waals surface area contributed by atoms with Crippen LogP contribution in [0.3, 0.4) is 0 Å². The molecule has 3 heterocycles. The summed E-state index contributed by atoms with van der Waals surface area (Å²) in [7, 11) is -3.67. The lowest BCUT2D eigenvalue weighted by atomic mass is 10.1. The number of aromatic nitrogens is 3. The van der Waals surface area contributed by atoms with Crippen LogP contribution in [0.2, 0.25) is 0 Å². The van der Waals surface area contributed by atoms with Crippen molar-refractivity contribution in [3.8, 4) is 5.88 Å². The van der Waals surface area contributed by atoms with Crippen molar-refractivity contribution >= 4 is 20.9 Å². The minimum atomic E-state index is -3.67. The van der Waals surface area contributed by atoms with Gasteiger partial charge in [0, 0.05) is 29.9 Å². The predicted octanol–water partition coefficient (Wildman–Crippen LogP) is 2.57. The lowest BCUT2D eigenvalue weighted by molar-refractivity contribution is 0.124. The summed E-state index contributed by atoms with van der Waals surface area (Å²) in [5.74, 6) is 0.455. The molecule has 0 N–H and O–H groups in total. The first-order chi connectivity index (χ1) is 13.0. The number of rotatable bonds is 4. The first-order valence-electron chi connectivity index (χ1n) is 8.83. The van der Waals surface area contributed by atoms with Gasteiger partial charge in [0.2, 0.25) is 15.9 Å². The normalized spacial score (nSPS) is 18.5. The summed E-state index contributed by atoms with van der Waals surface area (Å²) in [6.07, 6.45) is 4.28. The molecule has 27 heavy (non-hydrogen) atoms. The molecule has 2 aromatic heterocycles. The standard InChI is InChI=1S/C19H20N4O3S/c1-14-7-8-15-4-2-6-17(19(15)22-14)27(24,25)23-11-3-5-16(12-23)26-18-9-10-20-13-21-18/h2,4,6-10,13,16H,3,5,11-12H2,1H3. The van der Waals surface area contributed by atoms with Crippen LogP contribution in [0.5, 0.6) is 5.88 Å². The van der Waals surface area contributed by atoms with Gasteiger partial charge in [0.1, 0.15) is 17.3 Å². The molecule has 0 radical (unpaired) electrons. The molecule has 140 valence electrons. The number of nitrogens with zero attached hydrogens (tertiary/aromatic N) is 4. The van der Waals surface area contributed by atoms with Gasteiger partial charge in [0.25, 0.3) is 0 Å². The van der Waals surface area contributed by atoms with Gasteiger partial charge in [-0.15, -0.1) is 0 Å². The minimum Gasteiger partial charge on any atom is -0.473 e. The summed E-state index contributed by atoms with van der Waals surface area (Å²) in [4.78, 5) is 12.6. The van der Waals surface area contributed by atoms with Crippen LogP contribution in [-0.4, -0.2) is 46.9 Å². The van der Waals surface area contributed by atoms with Crippen molar-refractivity contribution in [3.63, 3.8) is 0 Å². The number of piperidine rings is 1. The molecular formula is C19H20N4O3S.